The molecule has 2 aromatic rings. The van der Waals surface area contributed by atoms with E-state index in [9.17, 15) is 10.1 Å². The minimum atomic E-state index is -0.416. The lowest BCUT2D eigenvalue weighted by molar-refractivity contribution is 0.178. The second kappa shape index (κ2) is 9.14. The fourth-order valence-corrected chi connectivity index (χ4v) is 4.05. The molecular weight excluding hydrogens is 396 g/mol. The van der Waals surface area contributed by atoms with Gasteiger partial charge < -0.3 is 21.1 Å². The Balaban J connectivity index is 1.52. The molecule has 1 saturated carbocycles. The number of pyridine rings is 1. The van der Waals surface area contributed by atoms with Gasteiger partial charge in [0.15, 0.2) is 5.69 Å². The number of anilines is 4. The smallest absolute Gasteiger partial charge is 0.414 e. The fraction of sp³-hybridized carbons (Fsp3) is 0.476. The van der Waals surface area contributed by atoms with Crippen molar-refractivity contribution in [3.8, 4) is 6.07 Å². The van der Waals surface area contributed by atoms with E-state index in [0.29, 0.717) is 35.2 Å². The highest BCUT2D eigenvalue weighted by Gasteiger charge is 2.25. The number of hydrogen-bond donors (Lipinski definition) is 3. The lowest BCUT2D eigenvalue weighted by Crippen LogP contribution is -2.35. The van der Waals surface area contributed by atoms with E-state index >= 15 is 0 Å². The summed E-state index contributed by atoms with van der Waals surface area (Å²) in [6.45, 7) is 0.580. The Labute approximate surface area is 180 Å². The Morgan fingerprint density at radius 1 is 1.29 bits per heavy atom. The van der Waals surface area contributed by atoms with Crippen molar-refractivity contribution in [2.45, 2.75) is 50.6 Å². The van der Waals surface area contributed by atoms with Crippen LogP contribution in [-0.4, -0.2) is 46.8 Å². The van der Waals surface area contributed by atoms with Crippen molar-refractivity contribution in [2.75, 3.05) is 29.2 Å². The van der Waals surface area contributed by atoms with Gasteiger partial charge in [0, 0.05) is 18.6 Å². The number of nitrogens with two attached hydrogens (primary N) is 1. The largest absolute Gasteiger partial charge is 0.452 e. The Kier molecular flexibility index (Phi) is 6.13. The number of rotatable bonds is 4. The first-order valence-electron chi connectivity index (χ1n) is 10.5. The second-order valence-corrected chi connectivity index (χ2v) is 7.86. The van der Waals surface area contributed by atoms with Gasteiger partial charge in [-0.2, -0.15) is 5.26 Å². The van der Waals surface area contributed by atoms with Gasteiger partial charge in [0.25, 0.3) is 0 Å². The van der Waals surface area contributed by atoms with Crippen LogP contribution in [0.5, 0.6) is 0 Å². The highest BCUT2D eigenvalue weighted by atomic mass is 16.5. The molecule has 2 aliphatic rings. The van der Waals surface area contributed by atoms with E-state index in [2.05, 4.69) is 31.7 Å². The van der Waals surface area contributed by atoms with Gasteiger partial charge >= 0.3 is 6.09 Å². The molecule has 10 nitrogen and oxygen atoms in total. The number of carbonyl (C=O) groups is 1. The van der Waals surface area contributed by atoms with Gasteiger partial charge in [-0.05, 0) is 44.6 Å². The molecule has 0 spiro atoms. The number of carbonyl (C=O) groups excluding carboxylic acids is 1. The Morgan fingerprint density at radius 3 is 2.84 bits per heavy atom. The zero-order valence-corrected chi connectivity index (χ0v) is 17.5. The van der Waals surface area contributed by atoms with Crippen LogP contribution in [0.4, 0.5) is 27.8 Å². The molecule has 0 radical (unpaired) electrons. The lowest BCUT2D eigenvalue weighted by atomic mass is 9.91. The number of nitrogens with zero attached hydrogens (tertiary/aromatic N) is 5. The van der Waals surface area contributed by atoms with Crippen LogP contribution in [0.25, 0.3) is 0 Å². The summed E-state index contributed by atoms with van der Waals surface area (Å²) in [6, 6.07) is 4.52. The molecule has 1 aliphatic carbocycles. The molecule has 0 aromatic carbocycles. The molecule has 1 amide bonds. The Hall–Kier alpha value is -3.45. The van der Waals surface area contributed by atoms with Gasteiger partial charge in [0.1, 0.15) is 6.07 Å². The van der Waals surface area contributed by atoms with Gasteiger partial charge in [0.2, 0.25) is 5.95 Å². The normalized spacial score (nSPS) is 20.4. The molecule has 1 aliphatic heterocycles. The van der Waals surface area contributed by atoms with Crippen LogP contribution in [0.3, 0.4) is 0 Å². The van der Waals surface area contributed by atoms with Crippen LogP contribution in [0.15, 0.2) is 18.5 Å². The number of methoxy groups -OCH3 is 1. The quantitative estimate of drug-likeness (QED) is 0.677. The molecule has 2 aromatic heterocycles. The summed E-state index contributed by atoms with van der Waals surface area (Å²) >= 11 is 0. The van der Waals surface area contributed by atoms with Gasteiger partial charge in [0.05, 0.1) is 42.3 Å². The minimum absolute atomic E-state index is 0.260. The summed E-state index contributed by atoms with van der Waals surface area (Å²) in [4.78, 5) is 26.7. The molecule has 162 valence electrons. The highest BCUT2D eigenvalue weighted by molar-refractivity contribution is 5.88. The van der Waals surface area contributed by atoms with Crippen LogP contribution in [0.2, 0.25) is 0 Å². The predicted octanol–water partition coefficient (Wildman–Crippen LogP) is 2.69. The highest BCUT2D eigenvalue weighted by Crippen LogP contribution is 2.28. The summed E-state index contributed by atoms with van der Waals surface area (Å²) in [5.41, 5.74) is 9.15. The number of aryl methyl sites for hydroxylation is 1. The molecule has 0 unspecified atom stereocenters. The van der Waals surface area contributed by atoms with Crippen molar-refractivity contribution >= 4 is 29.1 Å². The maximum absolute atomic E-state index is 12.0. The van der Waals surface area contributed by atoms with E-state index in [0.717, 1.165) is 44.2 Å². The van der Waals surface area contributed by atoms with E-state index in [-0.39, 0.29) is 12.1 Å². The minimum Gasteiger partial charge on any atom is -0.452 e. The standard InChI is InChI=1S/C21H26N8O2/c1-31-21(30)29-8-2-3-16-19(29)12-25-20(28-16)27-15-9-17(18(10-22)24-11-15)26-14-6-4-13(23)5-7-14/h9,11-14,26H,2-8,23H2,1H3,(H,25,27,28). The number of amides is 1. The number of fused-ring (bicyclic) bond motifs is 1. The molecule has 4 rings (SSSR count). The topological polar surface area (TPSA) is 142 Å². The first-order valence-corrected chi connectivity index (χ1v) is 10.5. The monoisotopic (exact) mass is 422 g/mol. The van der Waals surface area contributed by atoms with Gasteiger partial charge in [-0.3, -0.25) is 4.90 Å². The predicted molar refractivity (Wildman–Crippen MR) is 116 cm³/mol. The zero-order chi connectivity index (χ0) is 21.8. The maximum Gasteiger partial charge on any atom is 0.414 e. The summed E-state index contributed by atoms with van der Waals surface area (Å²) in [7, 11) is 1.36. The van der Waals surface area contributed by atoms with Crippen molar-refractivity contribution in [3.05, 3.63) is 29.8 Å². The van der Waals surface area contributed by atoms with Crippen molar-refractivity contribution < 1.29 is 9.53 Å². The fourth-order valence-electron chi connectivity index (χ4n) is 4.05. The maximum atomic E-state index is 12.0. The third kappa shape index (κ3) is 4.67. The number of hydrogen-bond acceptors (Lipinski definition) is 9. The van der Waals surface area contributed by atoms with Crippen molar-refractivity contribution in [1.29, 1.82) is 5.26 Å². The summed E-state index contributed by atoms with van der Waals surface area (Å²) in [5.74, 6) is 0.409. The molecule has 0 saturated heterocycles. The Bertz CT molecular complexity index is 997. The number of ether oxygens (including phenoxy) is 1. The first kappa shape index (κ1) is 20.8. The van der Waals surface area contributed by atoms with Gasteiger partial charge in [-0.25, -0.2) is 19.7 Å². The van der Waals surface area contributed by atoms with E-state index < -0.39 is 6.09 Å². The van der Waals surface area contributed by atoms with Crippen LogP contribution in [-0.2, 0) is 11.2 Å². The molecule has 10 heteroatoms. The summed E-state index contributed by atoms with van der Waals surface area (Å²) in [6.07, 6.45) is 8.22. The lowest BCUT2D eigenvalue weighted by Gasteiger charge is -2.28. The molecular formula is C21H26N8O2. The number of nitriles is 1. The van der Waals surface area contributed by atoms with Crippen LogP contribution < -0.4 is 21.3 Å². The van der Waals surface area contributed by atoms with Crippen LogP contribution in [0.1, 0.15) is 43.5 Å². The summed E-state index contributed by atoms with van der Waals surface area (Å²) in [5, 5.41) is 16.0. The molecule has 1 fully saturated rings. The average molecular weight is 422 g/mol. The van der Waals surface area contributed by atoms with Crippen LogP contribution >= 0.6 is 0 Å². The molecule has 0 bridgehead atoms. The van der Waals surface area contributed by atoms with E-state index in [1.165, 1.54) is 7.11 Å². The van der Waals surface area contributed by atoms with Crippen molar-refractivity contribution in [1.82, 2.24) is 15.0 Å². The second-order valence-electron chi connectivity index (χ2n) is 7.86. The van der Waals surface area contributed by atoms with Crippen molar-refractivity contribution in [3.63, 3.8) is 0 Å². The number of aromatic nitrogens is 3. The van der Waals surface area contributed by atoms with E-state index in [1.54, 1.807) is 17.3 Å². The van der Waals surface area contributed by atoms with Crippen LogP contribution in [0, 0.1) is 11.3 Å². The van der Waals surface area contributed by atoms with E-state index in [4.69, 9.17) is 10.5 Å². The SMILES string of the molecule is COC(=O)N1CCCc2nc(Nc3cnc(C#N)c(NC4CCC(N)CC4)c3)ncc21. The van der Waals surface area contributed by atoms with Gasteiger partial charge in [-0.1, -0.05) is 0 Å². The van der Waals surface area contributed by atoms with Crippen molar-refractivity contribution in [2.24, 2.45) is 5.73 Å². The third-order valence-electron chi connectivity index (χ3n) is 5.71. The third-order valence-corrected chi connectivity index (χ3v) is 5.71. The zero-order valence-electron chi connectivity index (χ0n) is 17.5. The average Bonchev–Trinajstić information content (AvgIpc) is 2.80. The van der Waals surface area contributed by atoms with Gasteiger partial charge in [-0.15, -0.1) is 0 Å². The Morgan fingerprint density at radius 2 is 2.10 bits per heavy atom. The first-order chi connectivity index (χ1) is 15.1. The molecule has 0 atom stereocenters. The molecule has 4 N–H and O–H groups in total. The summed E-state index contributed by atoms with van der Waals surface area (Å²) < 4.78 is 4.84. The molecule has 31 heavy (non-hydrogen) atoms. The van der Waals surface area contributed by atoms with E-state index in [1.807, 2.05) is 6.07 Å². The molecule has 3 heterocycles. The number of nitrogens with one attached hydrogen (secondary N) is 2.